The molecule has 160 valence electrons. The summed E-state index contributed by atoms with van der Waals surface area (Å²) in [7, 11) is 0. The van der Waals surface area contributed by atoms with Crippen LogP contribution in [0.1, 0.15) is 66.5 Å². The lowest BCUT2D eigenvalue weighted by atomic mass is 9.82. The van der Waals surface area contributed by atoms with Crippen molar-refractivity contribution in [1.82, 2.24) is 0 Å². The first kappa shape index (κ1) is 21.9. The number of hydrogen-bond acceptors (Lipinski definition) is 4. The molecule has 30 heavy (non-hydrogen) atoms. The average Bonchev–Trinajstić information content (AvgIpc) is 2.64. The Morgan fingerprint density at radius 3 is 2.30 bits per heavy atom. The lowest BCUT2D eigenvalue weighted by Gasteiger charge is -2.39. The second-order valence-electron chi connectivity index (χ2n) is 8.78. The van der Waals surface area contributed by atoms with Crippen LogP contribution >= 0.6 is 0 Å². The molecular weight excluding hydrogens is 378 g/mol. The van der Waals surface area contributed by atoms with E-state index in [0.717, 1.165) is 33.5 Å². The van der Waals surface area contributed by atoms with Crippen molar-refractivity contribution < 1.29 is 19.1 Å². The standard InChI is InChI=1S/C25H31NO4/c1-13-9-15(3)21(10-14(13)2)26-24(28)25(8)12-16(4)20-11-22(29-19(7)27)17(5)18(6)23(20)30-25/h9-11,16H,12H2,1-8H3,(H,26,28). The minimum Gasteiger partial charge on any atom is -0.477 e. The lowest BCUT2D eigenvalue weighted by molar-refractivity contribution is -0.132. The number of aryl methyl sites for hydroxylation is 3. The van der Waals surface area contributed by atoms with Crippen molar-refractivity contribution in [2.24, 2.45) is 0 Å². The normalized spacial score (nSPS) is 20.2. The zero-order chi connectivity index (χ0) is 22.4. The van der Waals surface area contributed by atoms with E-state index in [-0.39, 0.29) is 17.8 Å². The molecule has 1 aliphatic rings. The fraction of sp³-hybridized carbons (Fsp3) is 0.440. The van der Waals surface area contributed by atoms with Gasteiger partial charge < -0.3 is 14.8 Å². The Labute approximate surface area is 178 Å². The quantitative estimate of drug-likeness (QED) is 0.542. The molecule has 2 atom stereocenters. The number of amides is 1. The third-order valence-corrected chi connectivity index (χ3v) is 6.20. The molecule has 2 unspecified atom stereocenters. The summed E-state index contributed by atoms with van der Waals surface area (Å²) in [5.74, 6) is 0.811. The lowest BCUT2D eigenvalue weighted by Crippen LogP contribution is -2.48. The SMILES string of the molecule is CC(=O)Oc1cc2c(c(C)c1C)OC(C)(C(=O)Nc1cc(C)c(C)cc1C)CC2C. The van der Waals surface area contributed by atoms with Crippen LogP contribution in [0.5, 0.6) is 11.5 Å². The van der Waals surface area contributed by atoms with Gasteiger partial charge in [0.1, 0.15) is 11.5 Å². The van der Waals surface area contributed by atoms with Crippen LogP contribution in [0.3, 0.4) is 0 Å². The summed E-state index contributed by atoms with van der Waals surface area (Å²) in [5, 5.41) is 3.08. The van der Waals surface area contributed by atoms with Gasteiger partial charge in [0, 0.05) is 24.6 Å². The maximum atomic E-state index is 13.3. The summed E-state index contributed by atoms with van der Waals surface area (Å²) in [6, 6.07) is 5.96. The van der Waals surface area contributed by atoms with E-state index in [0.29, 0.717) is 17.9 Å². The highest BCUT2D eigenvalue weighted by atomic mass is 16.5. The van der Waals surface area contributed by atoms with Gasteiger partial charge in [-0.3, -0.25) is 9.59 Å². The van der Waals surface area contributed by atoms with Crippen LogP contribution in [0, 0.1) is 34.6 Å². The monoisotopic (exact) mass is 409 g/mol. The largest absolute Gasteiger partial charge is 0.477 e. The fourth-order valence-electron chi connectivity index (χ4n) is 4.10. The first-order chi connectivity index (χ1) is 13.9. The molecule has 0 saturated carbocycles. The zero-order valence-corrected chi connectivity index (χ0v) is 19.1. The Hall–Kier alpha value is -2.82. The molecular formula is C25H31NO4. The maximum Gasteiger partial charge on any atom is 0.308 e. The highest BCUT2D eigenvalue weighted by Crippen LogP contribution is 2.46. The van der Waals surface area contributed by atoms with Gasteiger partial charge in [0.25, 0.3) is 5.91 Å². The minimum absolute atomic E-state index is 0.0685. The van der Waals surface area contributed by atoms with Crippen LogP contribution in [-0.2, 0) is 9.59 Å². The number of nitrogens with one attached hydrogen (secondary N) is 1. The van der Waals surface area contributed by atoms with Crippen LogP contribution in [0.2, 0.25) is 0 Å². The molecule has 0 bridgehead atoms. The van der Waals surface area contributed by atoms with Crippen molar-refractivity contribution in [3.8, 4) is 11.5 Å². The van der Waals surface area contributed by atoms with Crippen LogP contribution in [-0.4, -0.2) is 17.5 Å². The van der Waals surface area contributed by atoms with E-state index in [4.69, 9.17) is 9.47 Å². The molecule has 5 heteroatoms. The molecule has 0 saturated heterocycles. The Morgan fingerprint density at radius 2 is 1.67 bits per heavy atom. The van der Waals surface area contributed by atoms with E-state index in [1.807, 2.05) is 46.8 Å². The molecule has 0 aromatic heterocycles. The molecule has 0 fully saturated rings. The summed E-state index contributed by atoms with van der Waals surface area (Å²) >= 11 is 0. The van der Waals surface area contributed by atoms with Gasteiger partial charge in [0.15, 0.2) is 5.60 Å². The van der Waals surface area contributed by atoms with Gasteiger partial charge in [-0.1, -0.05) is 13.0 Å². The van der Waals surface area contributed by atoms with Gasteiger partial charge in [0.2, 0.25) is 0 Å². The predicted octanol–water partition coefficient (Wildman–Crippen LogP) is 5.44. The van der Waals surface area contributed by atoms with Gasteiger partial charge in [-0.2, -0.15) is 0 Å². The van der Waals surface area contributed by atoms with Crippen LogP contribution in [0.25, 0.3) is 0 Å². The van der Waals surface area contributed by atoms with Crippen molar-refractivity contribution in [2.45, 2.75) is 73.3 Å². The van der Waals surface area contributed by atoms with Crippen molar-refractivity contribution in [1.29, 1.82) is 0 Å². The number of carbonyl (C=O) groups is 2. The number of carbonyl (C=O) groups excluding carboxylic acids is 2. The summed E-state index contributed by atoms with van der Waals surface area (Å²) < 4.78 is 11.7. The number of ether oxygens (including phenoxy) is 2. The third kappa shape index (κ3) is 3.93. The van der Waals surface area contributed by atoms with E-state index in [1.165, 1.54) is 12.5 Å². The summed E-state index contributed by atoms with van der Waals surface area (Å²) in [6.07, 6.45) is 0.526. The fourth-order valence-corrected chi connectivity index (χ4v) is 4.10. The molecule has 1 aliphatic heterocycles. The number of esters is 1. The Balaban J connectivity index is 1.95. The van der Waals surface area contributed by atoms with E-state index < -0.39 is 5.60 Å². The zero-order valence-electron chi connectivity index (χ0n) is 19.1. The van der Waals surface area contributed by atoms with Crippen LogP contribution in [0.15, 0.2) is 18.2 Å². The molecule has 0 spiro atoms. The Kier molecular flexibility index (Phi) is 5.68. The Bertz CT molecular complexity index is 1040. The van der Waals surface area contributed by atoms with Gasteiger partial charge in [-0.25, -0.2) is 0 Å². The van der Waals surface area contributed by atoms with Crippen LogP contribution < -0.4 is 14.8 Å². The molecule has 2 aromatic rings. The van der Waals surface area contributed by atoms with Crippen LogP contribution in [0.4, 0.5) is 5.69 Å². The van der Waals surface area contributed by atoms with E-state index in [1.54, 1.807) is 0 Å². The van der Waals surface area contributed by atoms with Gasteiger partial charge >= 0.3 is 5.97 Å². The highest BCUT2D eigenvalue weighted by molar-refractivity contribution is 5.98. The second kappa shape index (κ2) is 7.78. The predicted molar refractivity (Wildman–Crippen MR) is 119 cm³/mol. The first-order valence-electron chi connectivity index (χ1n) is 10.3. The summed E-state index contributed by atoms with van der Waals surface area (Å²) in [6.45, 7) is 15.2. The number of anilines is 1. The van der Waals surface area contributed by atoms with Gasteiger partial charge in [-0.05, 0) is 87.4 Å². The third-order valence-electron chi connectivity index (χ3n) is 6.20. The minimum atomic E-state index is -1.00. The number of fused-ring (bicyclic) bond motifs is 1. The first-order valence-corrected chi connectivity index (χ1v) is 10.3. The molecule has 1 N–H and O–H groups in total. The number of rotatable bonds is 3. The van der Waals surface area contributed by atoms with Gasteiger partial charge in [-0.15, -0.1) is 0 Å². The molecule has 3 rings (SSSR count). The van der Waals surface area contributed by atoms with E-state index in [9.17, 15) is 9.59 Å². The van der Waals surface area contributed by atoms with Crippen molar-refractivity contribution in [3.63, 3.8) is 0 Å². The van der Waals surface area contributed by atoms with Gasteiger partial charge in [0.05, 0.1) is 0 Å². The molecule has 5 nitrogen and oxygen atoms in total. The molecule has 0 aliphatic carbocycles. The van der Waals surface area contributed by atoms with Crippen molar-refractivity contribution >= 4 is 17.6 Å². The Morgan fingerprint density at radius 1 is 1.03 bits per heavy atom. The van der Waals surface area contributed by atoms with Crippen molar-refractivity contribution in [3.05, 3.63) is 51.6 Å². The number of benzene rings is 2. The topological polar surface area (TPSA) is 64.6 Å². The van der Waals surface area contributed by atoms with Crippen molar-refractivity contribution in [2.75, 3.05) is 5.32 Å². The summed E-state index contributed by atoms with van der Waals surface area (Å²) in [4.78, 5) is 24.8. The summed E-state index contributed by atoms with van der Waals surface area (Å²) in [5.41, 5.74) is 5.85. The molecule has 1 amide bonds. The molecule has 1 heterocycles. The number of hydrogen-bond donors (Lipinski definition) is 1. The smallest absolute Gasteiger partial charge is 0.308 e. The molecule has 2 aromatic carbocycles. The van der Waals surface area contributed by atoms with E-state index >= 15 is 0 Å². The second-order valence-corrected chi connectivity index (χ2v) is 8.78. The maximum absolute atomic E-state index is 13.3. The molecule has 0 radical (unpaired) electrons. The van der Waals surface area contributed by atoms with E-state index in [2.05, 4.69) is 25.2 Å². The highest BCUT2D eigenvalue weighted by Gasteiger charge is 2.43. The average molecular weight is 410 g/mol.